The van der Waals surface area contributed by atoms with Crippen molar-refractivity contribution in [1.29, 1.82) is 0 Å². The van der Waals surface area contributed by atoms with Gasteiger partial charge in [-0.1, -0.05) is 20.8 Å². The molecule has 0 amide bonds. The van der Waals surface area contributed by atoms with Crippen LogP contribution in [0.4, 0.5) is 0 Å². The Hall–Kier alpha value is -0.900. The molecule has 2 rings (SSSR count). The molecule has 0 fully saturated rings. The van der Waals surface area contributed by atoms with Crippen LogP contribution in [0.3, 0.4) is 0 Å². The van der Waals surface area contributed by atoms with Gasteiger partial charge in [-0.25, -0.2) is 0 Å². The number of nitrogens with two attached hydrogens (primary N) is 1. The molecular weight excluding hydrogens is 200 g/mol. The molecule has 1 aliphatic heterocycles. The summed E-state index contributed by atoms with van der Waals surface area (Å²) >= 11 is 0. The molecule has 16 heavy (non-hydrogen) atoms. The third-order valence-electron chi connectivity index (χ3n) is 3.45. The smallest absolute Gasteiger partial charge is 0.134 e. The minimum atomic E-state index is 0.126. The van der Waals surface area contributed by atoms with Gasteiger partial charge in [0.05, 0.1) is 0 Å². The van der Waals surface area contributed by atoms with Crippen LogP contribution in [0.5, 0.6) is 0 Å². The molecular formula is C12H22N4. The quantitative estimate of drug-likeness (QED) is 0.825. The summed E-state index contributed by atoms with van der Waals surface area (Å²) in [6.45, 7) is 7.58. The summed E-state index contributed by atoms with van der Waals surface area (Å²) in [7, 11) is 0. The molecule has 1 aliphatic rings. The van der Waals surface area contributed by atoms with Gasteiger partial charge in [-0.05, 0) is 18.3 Å². The van der Waals surface area contributed by atoms with Crippen molar-refractivity contribution in [3.8, 4) is 0 Å². The maximum absolute atomic E-state index is 6.19. The van der Waals surface area contributed by atoms with E-state index in [0.29, 0.717) is 0 Å². The number of aromatic nitrogens is 3. The van der Waals surface area contributed by atoms with E-state index in [1.165, 1.54) is 12.8 Å². The fraction of sp³-hybridized carbons (Fsp3) is 0.833. The van der Waals surface area contributed by atoms with Crippen LogP contribution in [-0.4, -0.2) is 20.8 Å². The molecule has 0 radical (unpaired) electrons. The van der Waals surface area contributed by atoms with Crippen LogP contribution in [-0.2, 0) is 19.4 Å². The molecule has 0 aromatic carbocycles. The van der Waals surface area contributed by atoms with Crippen LogP contribution in [0, 0.1) is 5.41 Å². The Kier molecular flexibility index (Phi) is 3.02. The molecule has 4 heteroatoms. The van der Waals surface area contributed by atoms with Crippen molar-refractivity contribution in [1.82, 2.24) is 14.8 Å². The van der Waals surface area contributed by atoms with E-state index in [-0.39, 0.29) is 11.5 Å². The summed E-state index contributed by atoms with van der Waals surface area (Å²) in [5.41, 5.74) is 6.32. The lowest BCUT2D eigenvalue weighted by molar-refractivity contribution is 0.311. The summed E-state index contributed by atoms with van der Waals surface area (Å²) in [6, 6.07) is 0.141. The van der Waals surface area contributed by atoms with Crippen LogP contribution in [0.15, 0.2) is 0 Å². The van der Waals surface area contributed by atoms with E-state index in [0.717, 1.165) is 31.0 Å². The monoisotopic (exact) mass is 222 g/mol. The van der Waals surface area contributed by atoms with Crippen LogP contribution in [0.1, 0.15) is 45.3 Å². The molecule has 0 saturated carbocycles. The largest absolute Gasteiger partial charge is 0.327 e. The zero-order valence-corrected chi connectivity index (χ0v) is 10.5. The third-order valence-corrected chi connectivity index (χ3v) is 3.45. The highest BCUT2D eigenvalue weighted by atomic mass is 15.3. The Morgan fingerprint density at radius 2 is 2.06 bits per heavy atom. The lowest BCUT2D eigenvalue weighted by Crippen LogP contribution is -2.37. The third kappa shape index (κ3) is 2.26. The number of aryl methyl sites for hydroxylation is 1. The molecule has 1 unspecified atom stereocenters. The number of nitrogens with zero attached hydrogens (tertiary/aromatic N) is 3. The molecule has 0 bridgehead atoms. The van der Waals surface area contributed by atoms with Crippen molar-refractivity contribution in [2.75, 3.05) is 0 Å². The van der Waals surface area contributed by atoms with Crippen LogP contribution in [0.2, 0.25) is 0 Å². The SMILES string of the molecule is CC(C)(C)C(N)Cc1nnc2n1CCCC2. The fourth-order valence-electron chi connectivity index (χ4n) is 2.02. The van der Waals surface area contributed by atoms with Gasteiger partial charge in [-0.3, -0.25) is 0 Å². The molecule has 1 aromatic rings. The predicted molar refractivity (Wildman–Crippen MR) is 64.1 cm³/mol. The maximum Gasteiger partial charge on any atom is 0.134 e. The molecule has 1 aromatic heterocycles. The Bertz CT molecular complexity index is 362. The van der Waals surface area contributed by atoms with Gasteiger partial charge in [0.15, 0.2) is 0 Å². The lowest BCUT2D eigenvalue weighted by atomic mass is 9.85. The van der Waals surface area contributed by atoms with Gasteiger partial charge >= 0.3 is 0 Å². The van der Waals surface area contributed by atoms with Crippen molar-refractivity contribution in [2.45, 2.75) is 59.0 Å². The van der Waals surface area contributed by atoms with E-state index >= 15 is 0 Å². The fourth-order valence-corrected chi connectivity index (χ4v) is 2.02. The number of rotatable bonds is 2. The second-order valence-corrected chi connectivity index (χ2v) is 5.82. The topological polar surface area (TPSA) is 56.7 Å². The summed E-state index contributed by atoms with van der Waals surface area (Å²) in [5, 5.41) is 8.53. The van der Waals surface area contributed by atoms with Gasteiger partial charge in [-0.2, -0.15) is 0 Å². The average Bonchev–Trinajstić information content (AvgIpc) is 2.61. The van der Waals surface area contributed by atoms with E-state index in [1.807, 2.05) is 0 Å². The first-order chi connectivity index (χ1) is 7.48. The van der Waals surface area contributed by atoms with Gasteiger partial charge in [-0.15, -0.1) is 10.2 Å². The maximum atomic E-state index is 6.19. The summed E-state index contributed by atoms with van der Waals surface area (Å²) < 4.78 is 2.26. The van der Waals surface area contributed by atoms with Crippen molar-refractivity contribution in [3.63, 3.8) is 0 Å². The van der Waals surface area contributed by atoms with Gasteiger partial charge in [0.1, 0.15) is 11.6 Å². The van der Waals surface area contributed by atoms with Gasteiger partial charge < -0.3 is 10.3 Å². The molecule has 2 N–H and O–H groups in total. The molecule has 0 saturated heterocycles. The molecule has 90 valence electrons. The van der Waals surface area contributed by atoms with E-state index in [2.05, 4.69) is 35.5 Å². The van der Waals surface area contributed by atoms with Crippen LogP contribution >= 0.6 is 0 Å². The average molecular weight is 222 g/mol. The summed E-state index contributed by atoms with van der Waals surface area (Å²) in [6.07, 6.45) is 4.38. The van der Waals surface area contributed by atoms with Crippen molar-refractivity contribution < 1.29 is 0 Å². The van der Waals surface area contributed by atoms with E-state index in [9.17, 15) is 0 Å². The zero-order valence-electron chi connectivity index (χ0n) is 10.5. The minimum absolute atomic E-state index is 0.126. The molecule has 2 heterocycles. The first-order valence-corrected chi connectivity index (χ1v) is 6.15. The normalized spacial score (nSPS) is 18.2. The molecule has 0 aliphatic carbocycles. The number of hydrogen-bond donors (Lipinski definition) is 1. The van der Waals surface area contributed by atoms with Crippen molar-refractivity contribution in [3.05, 3.63) is 11.6 Å². The van der Waals surface area contributed by atoms with Crippen LogP contribution in [0.25, 0.3) is 0 Å². The minimum Gasteiger partial charge on any atom is -0.327 e. The van der Waals surface area contributed by atoms with Crippen molar-refractivity contribution in [2.24, 2.45) is 11.1 Å². The van der Waals surface area contributed by atoms with E-state index in [4.69, 9.17) is 5.73 Å². The standard InChI is InChI=1S/C12H22N4/c1-12(2,3)9(13)8-11-15-14-10-6-4-5-7-16(10)11/h9H,4-8,13H2,1-3H3. The highest BCUT2D eigenvalue weighted by Gasteiger charge is 2.24. The second-order valence-electron chi connectivity index (χ2n) is 5.82. The lowest BCUT2D eigenvalue weighted by Gasteiger charge is -2.27. The van der Waals surface area contributed by atoms with Crippen molar-refractivity contribution >= 4 is 0 Å². The number of fused-ring (bicyclic) bond motifs is 1. The highest BCUT2D eigenvalue weighted by Crippen LogP contribution is 2.22. The summed E-state index contributed by atoms with van der Waals surface area (Å²) in [4.78, 5) is 0. The van der Waals surface area contributed by atoms with E-state index < -0.39 is 0 Å². The Labute approximate surface area is 97.2 Å². The number of hydrogen-bond acceptors (Lipinski definition) is 3. The predicted octanol–water partition coefficient (Wildman–Crippen LogP) is 1.53. The van der Waals surface area contributed by atoms with Crippen LogP contribution < -0.4 is 5.73 Å². The van der Waals surface area contributed by atoms with Gasteiger partial charge in [0.25, 0.3) is 0 Å². The molecule has 4 nitrogen and oxygen atoms in total. The van der Waals surface area contributed by atoms with E-state index in [1.54, 1.807) is 0 Å². The Morgan fingerprint density at radius 1 is 1.31 bits per heavy atom. The zero-order chi connectivity index (χ0) is 11.8. The first-order valence-electron chi connectivity index (χ1n) is 6.15. The second kappa shape index (κ2) is 4.17. The summed E-state index contributed by atoms with van der Waals surface area (Å²) in [5.74, 6) is 2.21. The van der Waals surface area contributed by atoms with Gasteiger partial charge in [0, 0.05) is 25.4 Å². The Morgan fingerprint density at radius 3 is 2.75 bits per heavy atom. The Balaban J connectivity index is 2.13. The molecule has 0 spiro atoms. The molecule has 1 atom stereocenters. The van der Waals surface area contributed by atoms with Gasteiger partial charge in [0.2, 0.25) is 0 Å². The highest BCUT2D eigenvalue weighted by molar-refractivity contribution is 5.01. The first kappa shape index (κ1) is 11.6.